The minimum Gasteiger partial charge on any atom is -0.491 e. The monoisotopic (exact) mass is 415 g/mol. The van der Waals surface area contributed by atoms with E-state index in [0.717, 1.165) is 18.4 Å². The molecule has 0 saturated carbocycles. The molecule has 1 N–H and O–H groups in total. The maximum Gasteiger partial charge on any atom is 0.416 e. The smallest absolute Gasteiger partial charge is 0.416 e. The van der Waals surface area contributed by atoms with E-state index in [9.17, 15) is 26.4 Å². The Morgan fingerprint density at radius 3 is 2.29 bits per heavy atom. The summed E-state index contributed by atoms with van der Waals surface area (Å²) in [5.41, 5.74) is -0.315. The molecule has 0 aromatic heterocycles. The molecule has 0 bridgehead atoms. The van der Waals surface area contributed by atoms with Crippen LogP contribution in [0.25, 0.3) is 0 Å². The molecule has 0 fully saturated rings. The highest BCUT2D eigenvalue weighted by molar-refractivity contribution is 7.89. The van der Waals surface area contributed by atoms with Crippen LogP contribution in [0.5, 0.6) is 5.75 Å². The van der Waals surface area contributed by atoms with Crippen LogP contribution in [0.2, 0.25) is 0 Å². The summed E-state index contributed by atoms with van der Waals surface area (Å²) in [5.74, 6) is -0.666. The van der Waals surface area contributed by atoms with Crippen molar-refractivity contribution in [3.63, 3.8) is 0 Å². The molecular formula is C19H20F3NO4S. The van der Waals surface area contributed by atoms with Crippen LogP contribution in [0, 0.1) is 0 Å². The Labute approximate surface area is 161 Å². The summed E-state index contributed by atoms with van der Waals surface area (Å²) in [4.78, 5) is 12.4. The largest absolute Gasteiger partial charge is 0.491 e. The van der Waals surface area contributed by atoms with Gasteiger partial charge in [-0.15, -0.1) is 0 Å². The molecule has 0 spiro atoms. The molecule has 5 nitrogen and oxygen atoms in total. The second-order valence-electron chi connectivity index (χ2n) is 6.28. The van der Waals surface area contributed by atoms with Crippen molar-refractivity contribution in [2.24, 2.45) is 0 Å². The summed E-state index contributed by atoms with van der Waals surface area (Å²) in [5, 5.41) is 2.43. The predicted molar refractivity (Wildman–Crippen MR) is 100 cm³/mol. The van der Waals surface area contributed by atoms with E-state index >= 15 is 0 Å². The second-order valence-corrected chi connectivity index (χ2v) is 8.42. The highest BCUT2D eigenvalue weighted by atomic mass is 32.2. The molecule has 28 heavy (non-hydrogen) atoms. The molecule has 1 amide bonds. The van der Waals surface area contributed by atoms with Crippen LogP contribution >= 0.6 is 0 Å². The Bertz CT molecular complexity index is 939. The van der Waals surface area contributed by atoms with E-state index in [-0.39, 0.29) is 29.4 Å². The number of carbonyl (C=O) groups is 1. The first-order valence-electron chi connectivity index (χ1n) is 8.41. The average Bonchev–Trinajstić information content (AvgIpc) is 2.59. The molecule has 0 aliphatic carbocycles. The lowest BCUT2D eigenvalue weighted by Gasteiger charge is -2.15. The maximum absolute atomic E-state index is 13.0. The van der Waals surface area contributed by atoms with E-state index in [2.05, 4.69) is 5.32 Å². The molecule has 9 heteroatoms. The number of anilines is 1. The van der Waals surface area contributed by atoms with Gasteiger partial charge in [-0.3, -0.25) is 4.79 Å². The van der Waals surface area contributed by atoms with Gasteiger partial charge in [0.25, 0.3) is 5.91 Å². The molecule has 0 unspecified atom stereocenters. The van der Waals surface area contributed by atoms with Crippen molar-refractivity contribution in [3.05, 3.63) is 59.2 Å². The number of hydrogen-bond acceptors (Lipinski definition) is 4. The van der Waals surface area contributed by atoms with Crippen molar-refractivity contribution in [2.45, 2.75) is 25.3 Å². The molecule has 2 aromatic rings. The summed E-state index contributed by atoms with van der Waals surface area (Å²) < 4.78 is 67.0. The van der Waals surface area contributed by atoms with Gasteiger partial charge in [0, 0.05) is 11.8 Å². The highest BCUT2D eigenvalue weighted by Gasteiger charge is 2.31. The molecule has 0 aliphatic heterocycles. The number of benzene rings is 2. The van der Waals surface area contributed by atoms with E-state index in [1.54, 1.807) is 0 Å². The van der Waals surface area contributed by atoms with Gasteiger partial charge in [0.15, 0.2) is 9.84 Å². The Morgan fingerprint density at radius 1 is 1.11 bits per heavy atom. The molecular weight excluding hydrogens is 395 g/mol. The number of sulfone groups is 1. The van der Waals surface area contributed by atoms with E-state index < -0.39 is 27.5 Å². The predicted octanol–water partition coefficient (Wildman–Crippen LogP) is 4.29. The summed E-state index contributed by atoms with van der Waals surface area (Å²) in [7, 11) is -3.22. The van der Waals surface area contributed by atoms with Gasteiger partial charge < -0.3 is 10.1 Å². The molecule has 152 valence electrons. The number of nitrogens with one attached hydrogen (secondary N) is 1. The minimum absolute atomic E-state index is 0.0894. The lowest BCUT2D eigenvalue weighted by atomic mass is 10.1. The van der Waals surface area contributed by atoms with Crippen LogP contribution in [0.3, 0.4) is 0 Å². The topological polar surface area (TPSA) is 72.5 Å². The highest BCUT2D eigenvalue weighted by Crippen LogP contribution is 2.35. The molecule has 0 aliphatic rings. The molecule has 0 saturated heterocycles. The SMILES string of the molecule is CCCOc1ccc(C(F)(F)F)cc1NC(=O)c1ccc(CS(C)(=O)=O)cc1. The number of alkyl halides is 3. The Morgan fingerprint density at radius 2 is 1.75 bits per heavy atom. The van der Waals surface area contributed by atoms with Crippen molar-refractivity contribution in [1.29, 1.82) is 0 Å². The van der Waals surface area contributed by atoms with Gasteiger partial charge >= 0.3 is 6.18 Å². The van der Waals surface area contributed by atoms with Crippen LogP contribution in [-0.2, 0) is 21.8 Å². The fraction of sp³-hybridized carbons (Fsp3) is 0.316. The average molecular weight is 415 g/mol. The van der Waals surface area contributed by atoms with Gasteiger partial charge in [-0.2, -0.15) is 13.2 Å². The molecule has 2 aromatic carbocycles. The fourth-order valence-electron chi connectivity index (χ4n) is 2.39. The van der Waals surface area contributed by atoms with Crippen LogP contribution in [0.1, 0.15) is 34.8 Å². The van der Waals surface area contributed by atoms with Crippen molar-refractivity contribution in [2.75, 3.05) is 18.2 Å². The standard InChI is InChI=1S/C19H20F3NO4S/c1-3-10-27-17-9-8-15(19(20,21)22)11-16(17)23-18(24)14-6-4-13(5-7-14)12-28(2,25)26/h4-9,11H,3,10,12H2,1-2H3,(H,23,24). The number of hydrogen-bond donors (Lipinski definition) is 1. The number of ether oxygens (including phenoxy) is 1. The quantitative estimate of drug-likeness (QED) is 0.732. The van der Waals surface area contributed by atoms with Gasteiger partial charge in [0.2, 0.25) is 0 Å². The van der Waals surface area contributed by atoms with Crippen LogP contribution in [0.4, 0.5) is 18.9 Å². The summed E-state index contributed by atoms with van der Waals surface area (Å²) >= 11 is 0. The third-order valence-corrected chi connectivity index (χ3v) is 4.52. The first kappa shape index (κ1) is 21.7. The number of rotatable bonds is 7. The van der Waals surface area contributed by atoms with Crippen molar-refractivity contribution < 1.29 is 31.1 Å². The maximum atomic E-state index is 13.0. The Hall–Kier alpha value is -2.55. The Kier molecular flexibility index (Phi) is 6.71. The van der Waals surface area contributed by atoms with Gasteiger partial charge in [0.05, 0.1) is 23.6 Å². The summed E-state index contributed by atoms with van der Waals surface area (Å²) in [6.45, 7) is 2.13. The zero-order chi connectivity index (χ0) is 20.9. The molecule has 0 atom stereocenters. The van der Waals surface area contributed by atoms with Crippen molar-refractivity contribution in [3.8, 4) is 5.75 Å². The molecule has 0 heterocycles. The first-order chi connectivity index (χ1) is 13.0. The van der Waals surface area contributed by atoms with Gasteiger partial charge in [-0.1, -0.05) is 19.1 Å². The van der Waals surface area contributed by atoms with Crippen molar-refractivity contribution in [1.82, 2.24) is 0 Å². The minimum atomic E-state index is -4.56. The van der Waals surface area contributed by atoms with E-state index in [1.165, 1.54) is 30.3 Å². The van der Waals surface area contributed by atoms with Crippen LogP contribution in [0.15, 0.2) is 42.5 Å². The lowest BCUT2D eigenvalue weighted by molar-refractivity contribution is -0.137. The third-order valence-electron chi connectivity index (χ3n) is 3.66. The van der Waals surface area contributed by atoms with E-state index in [0.29, 0.717) is 12.0 Å². The zero-order valence-electron chi connectivity index (χ0n) is 15.3. The summed E-state index contributed by atoms with van der Waals surface area (Å²) in [6, 6.07) is 8.67. The van der Waals surface area contributed by atoms with E-state index in [1.807, 2.05) is 6.92 Å². The van der Waals surface area contributed by atoms with Crippen LogP contribution in [-0.4, -0.2) is 27.2 Å². The van der Waals surface area contributed by atoms with Gasteiger partial charge in [0.1, 0.15) is 5.75 Å². The van der Waals surface area contributed by atoms with Gasteiger partial charge in [-0.25, -0.2) is 8.42 Å². The molecule has 0 radical (unpaired) electrons. The van der Waals surface area contributed by atoms with Crippen molar-refractivity contribution >= 4 is 21.4 Å². The fourth-order valence-corrected chi connectivity index (χ4v) is 3.19. The molecule has 2 rings (SSSR count). The number of halogens is 3. The third kappa shape index (κ3) is 6.26. The zero-order valence-corrected chi connectivity index (χ0v) is 16.2. The normalized spacial score (nSPS) is 11.9. The number of amides is 1. The van der Waals surface area contributed by atoms with E-state index in [4.69, 9.17) is 4.74 Å². The second kappa shape index (κ2) is 8.64. The Balaban J connectivity index is 2.25. The summed E-state index contributed by atoms with van der Waals surface area (Å²) in [6.07, 6.45) is -2.81. The first-order valence-corrected chi connectivity index (χ1v) is 10.5. The number of carbonyl (C=O) groups excluding carboxylic acids is 1. The van der Waals surface area contributed by atoms with Crippen LogP contribution < -0.4 is 10.1 Å². The van der Waals surface area contributed by atoms with Gasteiger partial charge in [-0.05, 0) is 42.3 Å². The lowest BCUT2D eigenvalue weighted by Crippen LogP contribution is -2.15.